The van der Waals surface area contributed by atoms with Crippen LogP contribution in [-0.4, -0.2) is 34.1 Å². The molecule has 3 amide bonds. The number of fused-ring (bicyclic) bond motifs is 1. The van der Waals surface area contributed by atoms with Crippen molar-refractivity contribution < 1.29 is 19.1 Å². The highest BCUT2D eigenvalue weighted by Crippen LogP contribution is 2.24. The average molecular weight is 375 g/mol. The van der Waals surface area contributed by atoms with Crippen LogP contribution in [0.2, 0.25) is 0 Å². The van der Waals surface area contributed by atoms with Crippen LogP contribution in [0.25, 0.3) is 0 Å². The van der Waals surface area contributed by atoms with E-state index in [-0.39, 0.29) is 11.7 Å². The van der Waals surface area contributed by atoms with Gasteiger partial charge in [-0.15, -0.1) is 11.3 Å². The fourth-order valence-corrected chi connectivity index (χ4v) is 2.95. The lowest BCUT2D eigenvalue weighted by Gasteiger charge is -2.25. The van der Waals surface area contributed by atoms with Crippen LogP contribution in [0.15, 0.2) is 47.9 Å². The second-order valence-electron chi connectivity index (χ2n) is 5.59. The summed E-state index contributed by atoms with van der Waals surface area (Å²) in [5.74, 6) is -1.06. The number of alkyl carbamates (subject to hydrolysis) is 1. The predicted molar refractivity (Wildman–Crippen MR) is 95.2 cm³/mol. The number of hydrogen-bond donors (Lipinski definition) is 3. The maximum absolute atomic E-state index is 12.4. The first-order chi connectivity index (χ1) is 12.4. The summed E-state index contributed by atoms with van der Waals surface area (Å²) in [5.41, 5.74) is 3.39. The summed E-state index contributed by atoms with van der Waals surface area (Å²) in [6, 6.07) is 1.52. The van der Waals surface area contributed by atoms with Crippen LogP contribution in [0, 0.1) is 0 Å². The van der Waals surface area contributed by atoms with E-state index in [1.54, 1.807) is 48.0 Å². The summed E-state index contributed by atoms with van der Waals surface area (Å²) in [6.45, 7) is 3.35. The molecule has 0 bridgehead atoms. The topological polar surface area (TPSA) is 103 Å². The smallest absolute Gasteiger partial charge is 0.414 e. The third kappa shape index (κ3) is 3.86. The molecule has 0 radical (unpaired) electrons. The van der Waals surface area contributed by atoms with Gasteiger partial charge in [0.15, 0.2) is 0 Å². The van der Waals surface area contributed by atoms with E-state index >= 15 is 0 Å². The summed E-state index contributed by atoms with van der Waals surface area (Å²) in [7, 11) is 0. The molecule has 0 saturated carbocycles. The van der Waals surface area contributed by atoms with Gasteiger partial charge in [-0.3, -0.25) is 20.3 Å². The molecule has 1 aromatic rings. The van der Waals surface area contributed by atoms with Gasteiger partial charge in [0.05, 0.1) is 17.9 Å². The molecule has 2 aliphatic heterocycles. The van der Waals surface area contributed by atoms with Crippen molar-refractivity contribution in [3.63, 3.8) is 0 Å². The number of nitrogens with zero attached hydrogens (tertiary/aromatic N) is 2. The van der Waals surface area contributed by atoms with Crippen molar-refractivity contribution in [2.45, 2.75) is 20.0 Å². The molecule has 0 aromatic carbocycles. The Morgan fingerprint density at radius 1 is 1.19 bits per heavy atom. The number of imide groups is 1. The van der Waals surface area contributed by atoms with Gasteiger partial charge in [-0.1, -0.05) is 0 Å². The van der Waals surface area contributed by atoms with Crippen molar-refractivity contribution in [1.29, 1.82) is 0 Å². The molecular formula is C16H17N5O4S. The molecule has 26 heavy (non-hydrogen) atoms. The number of hydrazine groups is 2. The molecule has 0 fully saturated rings. The van der Waals surface area contributed by atoms with E-state index in [1.807, 2.05) is 12.2 Å². The molecule has 0 spiro atoms. The van der Waals surface area contributed by atoms with E-state index in [1.165, 1.54) is 17.4 Å². The Balaban J connectivity index is 1.64. The van der Waals surface area contributed by atoms with E-state index in [9.17, 15) is 14.4 Å². The second-order valence-corrected chi connectivity index (χ2v) is 6.50. The second kappa shape index (κ2) is 7.31. The number of rotatable bonds is 4. The van der Waals surface area contributed by atoms with Crippen molar-refractivity contribution >= 4 is 34.2 Å². The highest BCUT2D eigenvalue weighted by Gasteiger charge is 2.25. The molecule has 136 valence electrons. The zero-order valence-electron chi connectivity index (χ0n) is 14.1. The van der Waals surface area contributed by atoms with Crippen molar-refractivity contribution in [1.82, 2.24) is 20.9 Å². The number of hydrogen-bond acceptors (Lipinski definition) is 8. The molecule has 3 N–H and O–H groups in total. The molecule has 1 aromatic heterocycles. The number of carbonyl (C=O) groups is 3. The fourth-order valence-electron chi connectivity index (χ4n) is 2.17. The lowest BCUT2D eigenvalue weighted by molar-refractivity contribution is -0.113. The number of carbonyl (C=O) groups excluding carboxylic acids is 3. The standard InChI is InChI=1S/C16H17N5O4S/c1-10(2)25-16(24)18-13(22)11-5-8-26-15(11)17-14(23)12-9-20-6-3-4-7-21(20)19-12/h3-10,19H,1-2H3,(H,17,23)(H,18,22,24). The number of allylic oxidation sites excluding steroid dienone is 2. The summed E-state index contributed by atoms with van der Waals surface area (Å²) in [6.07, 6.45) is 7.60. The Morgan fingerprint density at radius 2 is 1.96 bits per heavy atom. The van der Waals surface area contributed by atoms with Crippen LogP contribution in [0.4, 0.5) is 9.80 Å². The molecule has 0 unspecified atom stereocenters. The minimum Gasteiger partial charge on any atom is -0.447 e. The zero-order valence-corrected chi connectivity index (χ0v) is 14.9. The molecule has 0 saturated heterocycles. The highest BCUT2D eigenvalue weighted by molar-refractivity contribution is 7.14. The first kappa shape index (κ1) is 17.5. The van der Waals surface area contributed by atoms with E-state index < -0.39 is 17.9 Å². The maximum Gasteiger partial charge on any atom is 0.414 e. The number of amides is 3. The Hall–Kier alpha value is -3.27. The van der Waals surface area contributed by atoms with Crippen LogP contribution in [0.3, 0.4) is 0 Å². The van der Waals surface area contributed by atoms with Crippen molar-refractivity contribution in [3.8, 4) is 0 Å². The third-order valence-corrected chi connectivity index (χ3v) is 4.09. The van der Waals surface area contributed by atoms with Gasteiger partial charge in [-0.25, -0.2) is 9.80 Å². The number of ether oxygens (including phenoxy) is 1. The van der Waals surface area contributed by atoms with Gasteiger partial charge in [0.2, 0.25) is 0 Å². The zero-order chi connectivity index (χ0) is 18.7. The molecule has 10 heteroatoms. The quantitative estimate of drug-likeness (QED) is 0.738. The van der Waals surface area contributed by atoms with E-state index in [0.717, 1.165) is 0 Å². The van der Waals surface area contributed by atoms with Crippen LogP contribution in [-0.2, 0) is 9.53 Å². The third-order valence-electron chi connectivity index (χ3n) is 3.26. The minimum absolute atomic E-state index is 0.181. The first-order valence-corrected chi connectivity index (χ1v) is 8.64. The molecular weight excluding hydrogens is 358 g/mol. The number of nitrogens with one attached hydrogen (secondary N) is 3. The van der Waals surface area contributed by atoms with E-state index in [0.29, 0.717) is 10.7 Å². The van der Waals surface area contributed by atoms with Crippen LogP contribution in [0.1, 0.15) is 24.2 Å². The minimum atomic E-state index is -0.836. The highest BCUT2D eigenvalue weighted by atomic mass is 32.1. The lowest BCUT2D eigenvalue weighted by Crippen LogP contribution is -2.37. The lowest BCUT2D eigenvalue weighted by atomic mass is 10.3. The molecule has 2 aliphatic rings. The number of thiophene rings is 1. The summed E-state index contributed by atoms with van der Waals surface area (Å²) < 4.78 is 4.88. The van der Waals surface area contributed by atoms with Crippen LogP contribution in [0.5, 0.6) is 0 Å². The molecule has 9 nitrogen and oxygen atoms in total. The molecule has 3 heterocycles. The van der Waals surface area contributed by atoms with Gasteiger partial charge in [-0.05, 0) is 37.4 Å². The number of anilines is 1. The largest absolute Gasteiger partial charge is 0.447 e. The van der Waals surface area contributed by atoms with Gasteiger partial charge in [0.1, 0.15) is 10.7 Å². The fraction of sp³-hybridized carbons (Fsp3) is 0.188. The van der Waals surface area contributed by atoms with E-state index in [4.69, 9.17) is 4.74 Å². The molecule has 0 aliphatic carbocycles. The van der Waals surface area contributed by atoms with Crippen LogP contribution < -0.4 is 16.1 Å². The van der Waals surface area contributed by atoms with Gasteiger partial charge in [-0.2, -0.15) is 5.12 Å². The monoisotopic (exact) mass is 375 g/mol. The normalized spacial score (nSPS) is 14.7. The maximum atomic E-state index is 12.4. The van der Waals surface area contributed by atoms with Crippen LogP contribution >= 0.6 is 11.3 Å². The van der Waals surface area contributed by atoms with E-state index in [2.05, 4.69) is 16.1 Å². The SMILES string of the molecule is CC(C)OC(=O)NC(=O)c1ccsc1NC(=O)C1=CN2C=CC=CN2N1. The Labute approximate surface area is 153 Å². The van der Waals surface area contributed by atoms with Gasteiger partial charge >= 0.3 is 6.09 Å². The predicted octanol–water partition coefficient (Wildman–Crippen LogP) is 1.88. The molecule has 0 atom stereocenters. The summed E-state index contributed by atoms with van der Waals surface area (Å²) in [5, 5.41) is 10.1. The van der Waals surface area contributed by atoms with Gasteiger partial charge in [0, 0.05) is 12.4 Å². The van der Waals surface area contributed by atoms with Crippen molar-refractivity contribution in [3.05, 3.63) is 53.5 Å². The first-order valence-electron chi connectivity index (χ1n) is 7.76. The Kier molecular flexibility index (Phi) is 4.94. The van der Waals surface area contributed by atoms with Gasteiger partial charge < -0.3 is 10.1 Å². The average Bonchev–Trinajstić information content (AvgIpc) is 3.20. The molecule has 3 rings (SSSR count). The van der Waals surface area contributed by atoms with Crippen molar-refractivity contribution in [2.24, 2.45) is 0 Å². The summed E-state index contributed by atoms with van der Waals surface area (Å²) in [4.78, 5) is 36.2. The van der Waals surface area contributed by atoms with Gasteiger partial charge in [0.25, 0.3) is 11.8 Å². The Bertz CT molecular complexity index is 826. The van der Waals surface area contributed by atoms with Crippen molar-refractivity contribution in [2.75, 3.05) is 5.32 Å². The summed E-state index contributed by atoms with van der Waals surface area (Å²) >= 11 is 1.18. The Morgan fingerprint density at radius 3 is 2.69 bits per heavy atom.